The number of nitro groups is 1. The molecule has 11 heteroatoms. The highest BCUT2D eigenvalue weighted by atomic mass is 127. The second-order valence-electron chi connectivity index (χ2n) is 2.93. The van der Waals surface area contributed by atoms with Gasteiger partial charge in [-0.1, -0.05) is 0 Å². The van der Waals surface area contributed by atoms with Crippen LogP contribution in [0.5, 0.6) is 5.75 Å². The number of carbonyl (C=O) groups excluding carboxylic acids is 1. The summed E-state index contributed by atoms with van der Waals surface area (Å²) in [7, 11) is 0.959. The Hall–Kier alpha value is -1.66. The molecular formula is C8H4F3IN2O5. The molecule has 0 aliphatic carbocycles. The minimum absolute atomic E-state index is 0.504. The highest BCUT2D eigenvalue weighted by molar-refractivity contribution is 14.1. The van der Waals surface area contributed by atoms with Crippen molar-refractivity contribution < 1.29 is 32.4 Å². The van der Waals surface area contributed by atoms with Gasteiger partial charge >= 0.3 is 18.0 Å². The third-order valence-corrected chi connectivity index (χ3v) is 2.79. The van der Waals surface area contributed by atoms with Crippen LogP contribution in [-0.4, -0.2) is 29.3 Å². The van der Waals surface area contributed by atoms with Crippen molar-refractivity contribution in [3.8, 4) is 5.75 Å². The van der Waals surface area contributed by atoms with Crippen LogP contribution < -0.4 is 4.74 Å². The number of alkyl halides is 3. The minimum atomic E-state index is -5.03. The molecule has 0 atom stereocenters. The van der Waals surface area contributed by atoms with Crippen molar-refractivity contribution in [2.24, 2.45) is 0 Å². The number of esters is 1. The first kappa shape index (κ1) is 15.4. The van der Waals surface area contributed by atoms with Crippen LogP contribution in [0.2, 0.25) is 0 Å². The number of aromatic nitrogens is 1. The monoisotopic (exact) mass is 392 g/mol. The number of halogens is 4. The molecule has 0 amide bonds. The average Bonchev–Trinajstić information content (AvgIpc) is 2.28. The van der Waals surface area contributed by atoms with E-state index in [1.807, 2.05) is 0 Å². The Bertz CT molecular complexity index is 534. The van der Waals surface area contributed by atoms with E-state index in [0.29, 0.717) is 6.20 Å². The van der Waals surface area contributed by atoms with Crippen molar-refractivity contribution in [3.05, 3.63) is 25.6 Å². The topological polar surface area (TPSA) is 91.6 Å². The number of hydrogen-bond donors (Lipinski definition) is 0. The molecule has 0 saturated carbocycles. The van der Waals surface area contributed by atoms with Gasteiger partial charge in [-0.05, 0) is 22.6 Å². The molecule has 0 aromatic carbocycles. The van der Waals surface area contributed by atoms with Gasteiger partial charge in [0, 0.05) is 0 Å². The SMILES string of the molecule is COC(=O)c1ncc(OC(F)(F)F)c(I)c1[N+](=O)[O-]. The fourth-order valence-corrected chi connectivity index (χ4v) is 1.77. The van der Waals surface area contributed by atoms with E-state index in [4.69, 9.17) is 0 Å². The van der Waals surface area contributed by atoms with Crippen molar-refractivity contribution >= 4 is 34.2 Å². The van der Waals surface area contributed by atoms with Crippen LogP contribution in [0.1, 0.15) is 10.5 Å². The molecule has 0 saturated heterocycles. The van der Waals surface area contributed by atoms with Crippen LogP contribution in [0.3, 0.4) is 0 Å². The smallest absolute Gasteiger partial charge is 0.464 e. The highest BCUT2D eigenvalue weighted by Crippen LogP contribution is 2.34. The Labute approximate surface area is 117 Å². The molecule has 0 fully saturated rings. The van der Waals surface area contributed by atoms with E-state index < -0.39 is 38.0 Å². The first-order valence-corrected chi connectivity index (χ1v) is 5.42. The molecule has 1 heterocycles. The predicted molar refractivity (Wildman–Crippen MR) is 61.6 cm³/mol. The number of rotatable bonds is 3. The fraction of sp³-hybridized carbons (Fsp3) is 0.250. The number of nitrogens with zero attached hydrogens (tertiary/aromatic N) is 2. The van der Waals surface area contributed by atoms with E-state index in [1.54, 1.807) is 0 Å². The van der Waals surface area contributed by atoms with E-state index in [-0.39, 0.29) is 0 Å². The zero-order valence-corrected chi connectivity index (χ0v) is 11.2. The van der Waals surface area contributed by atoms with Gasteiger partial charge in [0.05, 0.1) is 18.2 Å². The lowest BCUT2D eigenvalue weighted by Crippen LogP contribution is -2.19. The van der Waals surface area contributed by atoms with E-state index in [1.165, 1.54) is 22.6 Å². The Morgan fingerprint density at radius 3 is 2.53 bits per heavy atom. The Morgan fingerprint density at radius 2 is 2.11 bits per heavy atom. The maximum Gasteiger partial charge on any atom is 0.573 e. The summed E-state index contributed by atoms with van der Waals surface area (Å²) in [5, 5.41) is 10.8. The molecule has 0 bridgehead atoms. The molecule has 1 aromatic rings. The summed E-state index contributed by atoms with van der Waals surface area (Å²) in [5.74, 6) is -2.00. The summed E-state index contributed by atoms with van der Waals surface area (Å²) in [4.78, 5) is 24.3. The lowest BCUT2D eigenvalue weighted by Gasteiger charge is -2.11. The van der Waals surface area contributed by atoms with Crippen molar-refractivity contribution in [2.45, 2.75) is 6.36 Å². The van der Waals surface area contributed by atoms with Gasteiger partial charge in [0.25, 0.3) is 0 Å². The van der Waals surface area contributed by atoms with Gasteiger partial charge in [-0.3, -0.25) is 10.1 Å². The third kappa shape index (κ3) is 3.65. The molecule has 1 rings (SSSR count). The van der Waals surface area contributed by atoms with Crippen molar-refractivity contribution in [1.29, 1.82) is 0 Å². The van der Waals surface area contributed by atoms with Crippen LogP contribution in [0, 0.1) is 13.7 Å². The summed E-state index contributed by atoms with van der Waals surface area (Å²) >= 11 is 1.26. The number of carbonyl (C=O) groups is 1. The molecular weight excluding hydrogens is 388 g/mol. The summed E-state index contributed by atoms with van der Waals surface area (Å²) < 4.78 is 43.5. The summed E-state index contributed by atoms with van der Waals surface area (Å²) in [5.41, 5.74) is -1.61. The summed E-state index contributed by atoms with van der Waals surface area (Å²) in [6.07, 6.45) is -4.46. The van der Waals surface area contributed by atoms with Crippen LogP contribution in [0.25, 0.3) is 0 Å². The fourth-order valence-electron chi connectivity index (χ4n) is 1.07. The van der Waals surface area contributed by atoms with Crippen LogP contribution in [0.4, 0.5) is 18.9 Å². The molecule has 1 aromatic heterocycles. The first-order valence-electron chi connectivity index (χ1n) is 4.34. The number of methoxy groups -OCH3 is 1. The Kier molecular flexibility index (Phi) is 4.49. The van der Waals surface area contributed by atoms with Gasteiger partial charge in [0.1, 0.15) is 3.57 Å². The number of hydrogen-bond acceptors (Lipinski definition) is 6. The third-order valence-electron chi connectivity index (χ3n) is 1.75. The van der Waals surface area contributed by atoms with E-state index >= 15 is 0 Å². The normalized spacial score (nSPS) is 11.0. The zero-order chi connectivity index (χ0) is 14.8. The zero-order valence-electron chi connectivity index (χ0n) is 9.02. The van der Waals surface area contributed by atoms with E-state index in [9.17, 15) is 28.1 Å². The van der Waals surface area contributed by atoms with Crippen LogP contribution in [-0.2, 0) is 4.74 Å². The van der Waals surface area contributed by atoms with Gasteiger partial charge in [-0.2, -0.15) is 0 Å². The van der Waals surface area contributed by atoms with E-state index in [0.717, 1.165) is 7.11 Å². The molecule has 7 nitrogen and oxygen atoms in total. The molecule has 0 radical (unpaired) electrons. The molecule has 0 unspecified atom stereocenters. The Balaban J connectivity index is 3.39. The standard InChI is InChI=1S/C8H4F3IN2O5/c1-18-7(15)5-6(14(16)17)4(12)3(2-13-5)19-8(9,10)11/h2H,1H3. The Morgan fingerprint density at radius 1 is 1.53 bits per heavy atom. The maximum absolute atomic E-state index is 12.1. The lowest BCUT2D eigenvalue weighted by atomic mass is 10.3. The second-order valence-corrected chi connectivity index (χ2v) is 4.01. The minimum Gasteiger partial charge on any atom is -0.464 e. The molecule has 0 N–H and O–H groups in total. The average molecular weight is 392 g/mol. The van der Waals surface area contributed by atoms with E-state index in [2.05, 4.69) is 14.5 Å². The second kappa shape index (κ2) is 5.54. The van der Waals surface area contributed by atoms with Crippen LogP contribution >= 0.6 is 22.6 Å². The molecule has 0 aliphatic heterocycles. The largest absolute Gasteiger partial charge is 0.573 e. The van der Waals surface area contributed by atoms with Gasteiger partial charge < -0.3 is 9.47 Å². The first-order chi connectivity index (χ1) is 8.67. The number of ether oxygens (including phenoxy) is 2. The predicted octanol–water partition coefficient (Wildman–Crippen LogP) is 2.28. The van der Waals surface area contributed by atoms with Gasteiger partial charge in [0.15, 0.2) is 5.75 Å². The molecule has 0 spiro atoms. The van der Waals surface area contributed by atoms with Crippen molar-refractivity contribution in [3.63, 3.8) is 0 Å². The molecule has 104 valence electrons. The molecule has 19 heavy (non-hydrogen) atoms. The van der Waals surface area contributed by atoms with Gasteiger partial charge in [-0.15, -0.1) is 13.2 Å². The van der Waals surface area contributed by atoms with Crippen LogP contribution in [0.15, 0.2) is 6.20 Å². The molecule has 0 aliphatic rings. The maximum atomic E-state index is 12.1. The number of pyridine rings is 1. The lowest BCUT2D eigenvalue weighted by molar-refractivity contribution is -0.386. The van der Waals surface area contributed by atoms with Gasteiger partial charge in [-0.25, -0.2) is 9.78 Å². The summed E-state index contributed by atoms with van der Waals surface area (Å²) in [6, 6.07) is 0. The van der Waals surface area contributed by atoms with Crippen molar-refractivity contribution in [1.82, 2.24) is 4.98 Å². The van der Waals surface area contributed by atoms with Crippen molar-refractivity contribution in [2.75, 3.05) is 7.11 Å². The highest BCUT2D eigenvalue weighted by Gasteiger charge is 2.36. The summed E-state index contributed by atoms with van der Waals surface area (Å²) in [6.45, 7) is 0. The quantitative estimate of drug-likeness (QED) is 0.339. The van der Waals surface area contributed by atoms with Gasteiger partial charge in [0.2, 0.25) is 5.69 Å².